The molecule has 0 aromatic heterocycles. The molecule has 0 bridgehead atoms. The molecule has 0 spiro atoms. The van der Waals surface area contributed by atoms with Crippen molar-refractivity contribution in [3.8, 4) is 0 Å². The maximum absolute atomic E-state index is 5.80. The molecular weight excluding hydrogens is 194 g/mol. The van der Waals surface area contributed by atoms with Gasteiger partial charge in [0, 0.05) is 13.7 Å². The van der Waals surface area contributed by atoms with E-state index in [1.54, 1.807) is 7.11 Å². The highest BCUT2D eigenvalue weighted by atomic mass is 16.6. The highest BCUT2D eigenvalue weighted by Crippen LogP contribution is 2.08. The summed E-state index contributed by atoms with van der Waals surface area (Å²) in [6.45, 7) is 8.35. The van der Waals surface area contributed by atoms with E-state index in [4.69, 9.17) is 14.2 Å². The van der Waals surface area contributed by atoms with Crippen LogP contribution in [0.4, 0.5) is 0 Å². The van der Waals surface area contributed by atoms with Crippen molar-refractivity contribution in [2.45, 2.75) is 26.1 Å². The summed E-state index contributed by atoms with van der Waals surface area (Å²) in [6.07, 6.45) is 0.411. The van der Waals surface area contributed by atoms with E-state index in [1.807, 2.05) is 0 Å². The van der Waals surface area contributed by atoms with Gasteiger partial charge in [0.2, 0.25) is 0 Å². The largest absolute Gasteiger partial charge is 0.382 e. The second-order valence-electron chi connectivity index (χ2n) is 4.42. The van der Waals surface area contributed by atoms with Crippen molar-refractivity contribution < 1.29 is 14.2 Å². The lowest BCUT2D eigenvalue weighted by molar-refractivity contribution is -0.162. The molecule has 1 atom stereocenters. The first-order valence-electron chi connectivity index (χ1n) is 5.65. The van der Waals surface area contributed by atoms with Crippen molar-refractivity contribution in [3.63, 3.8) is 0 Å². The van der Waals surface area contributed by atoms with E-state index in [0.717, 1.165) is 26.3 Å². The molecule has 4 heteroatoms. The molecule has 0 aliphatic carbocycles. The van der Waals surface area contributed by atoms with Crippen molar-refractivity contribution in [2.24, 2.45) is 5.92 Å². The number of nitrogens with one attached hydrogen (secondary N) is 1. The highest BCUT2D eigenvalue weighted by molar-refractivity contribution is 4.70. The van der Waals surface area contributed by atoms with Crippen LogP contribution in [0.15, 0.2) is 0 Å². The molecule has 0 saturated carbocycles. The minimum absolute atomic E-state index is 0.141. The Labute approximate surface area is 92.3 Å². The minimum Gasteiger partial charge on any atom is -0.382 e. The second-order valence-corrected chi connectivity index (χ2v) is 4.42. The van der Waals surface area contributed by atoms with E-state index in [9.17, 15) is 0 Å². The van der Waals surface area contributed by atoms with Crippen molar-refractivity contribution >= 4 is 0 Å². The number of rotatable bonds is 8. The fourth-order valence-electron chi connectivity index (χ4n) is 1.43. The fraction of sp³-hybridized carbons (Fsp3) is 1.00. The van der Waals surface area contributed by atoms with Crippen LogP contribution in [0.1, 0.15) is 13.8 Å². The predicted molar refractivity (Wildman–Crippen MR) is 59.1 cm³/mol. The number of hydrogen-bond acceptors (Lipinski definition) is 4. The first-order valence-corrected chi connectivity index (χ1v) is 5.65. The smallest absolute Gasteiger partial charge is 0.105 e. The van der Waals surface area contributed by atoms with Gasteiger partial charge < -0.3 is 19.5 Å². The topological polar surface area (TPSA) is 39.7 Å². The zero-order valence-corrected chi connectivity index (χ0v) is 9.99. The minimum atomic E-state index is 0.141. The molecule has 1 aliphatic heterocycles. The predicted octanol–water partition coefficient (Wildman–Crippen LogP) is 0.662. The fourth-order valence-corrected chi connectivity index (χ4v) is 1.43. The average Bonchev–Trinajstić information content (AvgIpc) is 2.10. The van der Waals surface area contributed by atoms with Gasteiger partial charge in [0.05, 0.1) is 25.9 Å². The van der Waals surface area contributed by atoms with E-state index < -0.39 is 0 Å². The van der Waals surface area contributed by atoms with Crippen molar-refractivity contribution in [1.82, 2.24) is 5.32 Å². The van der Waals surface area contributed by atoms with Crippen LogP contribution in [0.5, 0.6) is 0 Å². The van der Waals surface area contributed by atoms with E-state index in [2.05, 4.69) is 19.2 Å². The van der Waals surface area contributed by atoms with Crippen LogP contribution in [0, 0.1) is 5.92 Å². The van der Waals surface area contributed by atoms with Gasteiger partial charge >= 0.3 is 0 Å². The van der Waals surface area contributed by atoms with Crippen molar-refractivity contribution in [2.75, 3.05) is 40.0 Å². The second kappa shape index (κ2) is 7.17. The first kappa shape index (κ1) is 12.9. The Kier molecular flexibility index (Phi) is 6.17. The van der Waals surface area contributed by atoms with E-state index in [0.29, 0.717) is 12.5 Å². The van der Waals surface area contributed by atoms with Gasteiger partial charge in [-0.1, -0.05) is 13.8 Å². The summed E-state index contributed by atoms with van der Waals surface area (Å²) in [5.74, 6) is 0.667. The van der Waals surface area contributed by atoms with Gasteiger partial charge in [-0.05, 0) is 12.5 Å². The van der Waals surface area contributed by atoms with Gasteiger partial charge in [-0.3, -0.25) is 0 Å². The van der Waals surface area contributed by atoms with Crippen LogP contribution in [0.25, 0.3) is 0 Å². The maximum atomic E-state index is 5.80. The molecule has 0 amide bonds. The van der Waals surface area contributed by atoms with Gasteiger partial charge in [0.15, 0.2) is 0 Å². The summed E-state index contributed by atoms with van der Waals surface area (Å²) in [5.41, 5.74) is 0. The highest BCUT2D eigenvalue weighted by Gasteiger charge is 2.23. The van der Waals surface area contributed by atoms with Crippen LogP contribution < -0.4 is 5.32 Å². The van der Waals surface area contributed by atoms with Gasteiger partial charge in [-0.25, -0.2) is 0 Å². The zero-order chi connectivity index (χ0) is 11.1. The molecule has 1 saturated heterocycles. The third kappa shape index (κ3) is 5.47. The lowest BCUT2D eigenvalue weighted by Gasteiger charge is -2.30. The van der Waals surface area contributed by atoms with Crippen LogP contribution >= 0.6 is 0 Å². The van der Waals surface area contributed by atoms with Crippen LogP contribution in [0.3, 0.4) is 0 Å². The quantitative estimate of drug-likeness (QED) is 0.648. The molecule has 0 aromatic rings. The third-order valence-corrected chi connectivity index (χ3v) is 2.27. The molecule has 90 valence electrons. The van der Waals surface area contributed by atoms with Crippen LogP contribution in [-0.4, -0.2) is 52.2 Å². The average molecular weight is 217 g/mol. The molecule has 1 heterocycles. The standard InChI is InChI=1S/C11H23NO3/c1-9(2)4-12-5-10(6-13-3)15-11-7-14-8-11/h9-12H,4-8H2,1-3H3. The number of ether oxygens (including phenoxy) is 3. The Morgan fingerprint density at radius 1 is 1.33 bits per heavy atom. The van der Waals surface area contributed by atoms with Gasteiger partial charge in [0.25, 0.3) is 0 Å². The SMILES string of the molecule is COCC(CNCC(C)C)OC1COC1. The summed E-state index contributed by atoms with van der Waals surface area (Å²) in [4.78, 5) is 0. The summed E-state index contributed by atoms with van der Waals surface area (Å²) in [7, 11) is 1.70. The number of methoxy groups -OCH3 is 1. The normalized spacial score (nSPS) is 19.2. The Bertz CT molecular complexity index is 160. The van der Waals surface area contributed by atoms with Gasteiger partial charge in [0.1, 0.15) is 6.10 Å². The molecule has 4 nitrogen and oxygen atoms in total. The monoisotopic (exact) mass is 217 g/mol. The van der Waals surface area contributed by atoms with Gasteiger partial charge in [-0.15, -0.1) is 0 Å². The Hall–Kier alpha value is -0.160. The molecular formula is C11H23NO3. The molecule has 1 rings (SSSR count). The Morgan fingerprint density at radius 2 is 2.07 bits per heavy atom. The van der Waals surface area contributed by atoms with Crippen LogP contribution in [-0.2, 0) is 14.2 Å². The third-order valence-electron chi connectivity index (χ3n) is 2.27. The molecule has 1 unspecified atom stereocenters. The molecule has 1 fully saturated rings. The van der Waals surface area contributed by atoms with E-state index >= 15 is 0 Å². The molecule has 1 aliphatic rings. The lowest BCUT2D eigenvalue weighted by atomic mass is 10.2. The lowest BCUT2D eigenvalue weighted by Crippen LogP contribution is -2.44. The van der Waals surface area contributed by atoms with Crippen molar-refractivity contribution in [3.05, 3.63) is 0 Å². The summed E-state index contributed by atoms with van der Waals surface area (Å²) in [5, 5.41) is 3.38. The first-order chi connectivity index (χ1) is 7.22. The van der Waals surface area contributed by atoms with Crippen molar-refractivity contribution in [1.29, 1.82) is 0 Å². The summed E-state index contributed by atoms with van der Waals surface area (Å²) in [6, 6.07) is 0. The van der Waals surface area contributed by atoms with Crippen LogP contribution in [0.2, 0.25) is 0 Å². The molecule has 0 radical (unpaired) electrons. The summed E-state index contributed by atoms with van der Waals surface area (Å²) < 4.78 is 16.0. The number of hydrogen-bond donors (Lipinski definition) is 1. The summed E-state index contributed by atoms with van der Waals surface area (Å²) >= 11 is 0. The molecule has 0 aromatic carbocycles. The Balaban J connectivity index is 2.11. The van der Waals surface area contributed by atoms with E-state index in [1.165, 1.54) is 0 Å². The van der Waals surface area contributed by atoms with E-state index in [-0.39, 0.29) is 12.2 Å². The molecule has 1 N–H and O–H groups in total. The Morgan fingerprint density at radius 3 is 2.53 bits per heavy atom. The van der Waals surface area contributed by atoms with Gasteiger partial charge in [-0.2, -0.15) is 0 Å². The molecule has 15 heavy (non-hydrogen) atoms. The zero-order valence-electron chi connectivity index (χ0n) is 9.99. The maximum Gasteiger partial charge on any atom is 0.105 e.